The Kier molecular flexibility index (Phi) is 7.29. The van der Waals surface area contributed by atoms with Crippen LogP contribution in [0.4, 0.5) is 8.78 Å². The maximum atomic E-state index is 12.6. The minimum absolute atomic E-state index is 0.0506. The summed E-state index contributed by atoms with van der Waals surface area (Å²) in [6, 6.07) is 0. The molecule has 12 heavy (non-hydrogen) atoms. The SMILES string of the molecule is CCOC(F)CCC(F)OCC. The molecule has 0 amide bonds. The number of hydrogen-bond acceptors (Lipinski definition) is 2. The lowest BCUT2D eigenvalue weighted by molar-refractivity contribution is -0.0756. The van der Waals surface area contributed by atoms with Crippen LogP contribution in [-0.2, 0) is 9.47 Å². The van der Waals surface area contributed by atoms with Gasteiger partial charge in [-0.2, -0.15) is 0 Å². The fraction of sp³-hybridized carbons (Fsp3) is 1.00. The monoisotopic (exact) mass is 182 g/mol. The highest BCUT2D eigenvalue weighted by Crippen LogP contribution is 2.09. The molecule has 2 unspecified atom stereocenters. The second-order valence-corrected chi connectivity index (χ2v) is 2.31. The molecule has 0 bridgehead atoms. The van der Waals surface area contributed by atoms with Crippen LogP contribution in [0.1, 0.15) is 26.7 Å². The van der Waals surface area contributed by atoms with Crippen molar-refractivity contribution in [2.45, 2.75) is 39.4 Å². The largest absolute Gasteiger partial charge is 0.348 e. The van der Waals surface area contributed by atoms with E-state index >= 15 is 0 Å². The Morgan fingerprint density at radius 2 is 1.25 bits per heavy atom. The average Bonchev–Trinajstić information content (AvgIpc) is 2.02. The van der Waals surface area contributed by atoms with Crippen LogP contribution in [0, 0.1) is 0 Å². The standard InChI is InChI=1S/C8H16F2O2/c1-3-11-7(9)5-6-8(10)12-4-2/h7-8H,3-6H2,1-2H3. The van der Waals surface area contributed by atoms with Gasteiger partial charge in [-0.1, -0.05) is 0 Å². The zero-order valence-corrected chi connectivity index (χ0v) is 7.56. The molecular formula is C8H16F2O2. The van der Waals surface area contributed by atoms with E-state index in [1.165, 1.54) is 0 Å². The molecule has 0 aromatic heterocycles. The Bertz CT molecular complexity index is 89.1. The number of hydrogen-bond donors (Lipinski definition) is 0. The minimum Gasteiger partial charge on any atom is -0.348 e. The van der Waals surface area contributed by atoms with Crippen molar-refractivity contribution >= 4 is 0 Å². The van der Waals surface area contributed by atoms with Gasteiger partial charge in [-0.25, -0.2) is 8.78 Å². The van der Waals surface area contributed by atoms with Crippen molar-refractivity contribution < 1.29 is 18.3 Å². The van der Waals surface area contributed by atoms with Gasteiger partial charge < -0.3 is 9.47 Å². The smallest absolute Gasteiger partial charge is 0.198 e. The summed E-state index contributed by atoms with van der Waals surface area (Å²) in [5, 5.41) is 0. The third-order valence-electron chi connectivity index (χ3n) is 1.32. The average molecular weight is 182 g/mol. The third-order valence-corrected chi connectivity index (χ3v) is 1.32. The van der Waals surface area contributed by atoms with E-state index in [1.54, 1.807) is 13.8 Å². The highest BCUT2D eigenvalue weighted by atomic mass is 19.2. The van der Waals surface area contributed by atoms with E-state index in [9.17, 15) is 8.78 Å². The Hall–Kier alpha value is -0.220. The quantitative estimate of drug-likeness (QED) is 0.602. The van der Waals surface area contributed by atoms with Gasteiger partial charge in [-0.3, -0.25) is 0 Å². The summed E-state index contributed by atoms with van der Waals surface area (Å²) in [5.41, 5.74) is 0. The van der Waals surface area contributed by atoms with E-state index in [0.717, 1.165) is 0 Å². The molecule has 2 nitrogen and oxygen atoms in total. The van der Waals surface area contributed by atoms with Crippen LogP contribution in [-0.4, -0.2) is 25.9 Å². The van der Waals surface area contributed by atoms with E-state index < -0.39 is 12.7 Å². The van der Waals surface area contributed by atoms with Crippen LogP contribution in [0.5, 0.6) is 0 Å². The molecule has 0 spiro atoms. The van der Waals surface area contributed by atoms with Crippen molar-refractivity contribution in [3.05, 3.63) is 0 Å². The maximum Gasteiger partial charge on any atom is 0.198 e. The molecule has 0 rings (SSSR count). The summed E-state index contributed by atoms with van der Waals surface area (Å²) in [5.74, 6) is 0. The van der Waals surface area contributed by atoms with Crippen molar-refractivity contribution in [2.24, 2.45) is 0 Å². The molecule has 0 aliphatic heterocycles. The Morgan fingerprint density at radius 3 is 1.50 bits per heavy atom. The van der Waals surface area contributed by atoms with E-state index in [0.29, 0.717) is 13.2 Å². The summed E-state index contributed by atoms with van der Waals surface area (Å²) >= 11 is 0. The van der Waals surface area contributed by atoms with Gasteiger partial charge >= 0.3 is 0 Å². The molecule has 0 saturated carbocycles. The van der Waals surface area contributed by atoms with Gasteiger partial charge in [-0.15, -0.1) is 0 Å². The molecular weight excluding hydrogens is 166 g/mol. The van der Waals surface area contributed by atoms with E-state index in [-0.39, 0.29) is 12.8 Å². The first-order chi connectivity index (χ1) is 5.70. The van der Waals surface area contributed by atoms with Crippen molar-refractivity contribution in [3.63, 3.8) is 0 Å². The van der Waals surface area contributed by atoms with Crippen molar-refractivity contribution in [1.82, 2.24) is 0 Å². The van der Waals surface area contributed by atoms with Gasteiger partial charge in [0.2, 0.25) is 0 Å². The summed E-state index contributed by atoms with van der Waals surface area (Å²) in [6.07, 6.45) is -2.63. The first kappa shape index (κ1) is 11.8. The first-order valence-corrected chi connectivity index (χ1v) is 4.22. The second-order valence-electron chi connectivity index (χ2n) is 2.31. The van der Waals surface area contributed by atoms with Gasteiger partial charge in [-0.05, 0) is 13.8 Å². The molecule has 0 aromatic rings. The van der Waals surface area contributed by atoms with Gasteiger partial charge in [0.15, 0.2) is 12.7 Å². The number of rotatable bonds is 7. The Morgan fingerprint density at radius 1 is 0.917 bits per heavy atom. The molecule has 4 heteroatoms. The summed E-state index contributed by atoms with van der Waals surface area (Å²) in [7, 11) is 0. The zero-order valence-electron chi connectivity index (χ0n) is 7.56. The zero-order chi connectivity index (χ0) is 9.40. The van der Waals surface area contributed by atoms with Gasteiger partial charge in [0.1, 0.15) is 0 Å². The van der Waals surface area contributed by atoms with E-state index in [1.807, 2.05) is 0 Å². The lowest BCUT2D eigenvalue weighted by atomic mass is 10.3. The van der Waals surface area contributed by atoms with E-state index in [2.05, 4.69) is 9.47 Å². The van der Waals surface area contributed by atoms with E-state index in [4.69, 9.17) is 0 Å². The summed E-state index contributed by atoms with van der Waals surface area (Å²) in [6.45, 7) is 4.02. The second kappa shape index (κ2) is 7.43. The van der Waals surface area contributed by atoms with Crippen LogP contribution in [0.15, 0.2) is 0 Å². The van der Waals surface area contributed by atoms with Crippen molar-refractivity contribution in [2.75, 3.05) is 13.2 Å². The van der Waals surface area contributed by atoms with Gasteiger partial charge in [0.05, 0.1) is 0 Å². The molecule has 0 radical (unpaired) electrons. The lowest BCUT2D eigenvalue weighted by Crippen LogP contribution is -2.12. The van der Waals surface area contributed by atoms with Crippen LogP contribution >= 0.6 is 0 Å². The normalized spacial score (nSPS) is 16.0. The topological polar surface area (TPSA) is 18.5 Å². The molecule has 0 fully saturated rings. The molecule has 2 atom stereocenters. The highest BCUT2D eigenvalue weighted by Gasteiger charge is 2.10. The fourth-order valence-electron chi connectivity index (χ4n) is 0.790. The lowest BCUT2D eigenvalue weighted by Gasteiger charge is -2.10. The fourth-order valence-corrected chi connectivity index (χ4v) is 0.790. The minimum atomic E-state index is -1.37. The number of ether oxygens (including phenoxy) is 2. The van der Waals surface area contributed by atoms with Crippen LogP contribution in [0.25, 0.3) is 0 Å². The number of alkyl halides is 2. The summed E-state index contributed by atoms with van der Waals surface area (Å²) in [4.78, 5) is 0. The molecule has 0 aromatic carbocycles. The van der Waals surface area contributed by atoms with Crippen LogP contribution in [0.2, 0.25) is 0 Å². The first-order valence-electron chi connectivity index (χ1n) is 4.22. The predicted molar refractivity (Wildman–Crippen MR) is 42.3 cm³/mol. The van der Waals surface area contributed by atoms with Crippen LogP contribution in [0.3, 0.4) is 0 Å². The predicted octanol–water partition coefficient (Wildman–Crippen LogP) is 2.43. The Balaban J connectivity index is 3.27. The van der Waals surface area contributed by atoms with Gasteiger partial charge in [0, 0.05) is 26.1 Å². The molecule has 0 aliphatic carbocycles. The maximum absolute atomic E-state index is 12.6. The molecule has 0 heterocycles. The highest BCUT2D eigenvalue weighted by molar-refractivity contribution is 4.47. The van der Waals surface area contributed by atoms with Gasteiger partial charge in [0.25, 0.3) is 0 Å². The molecule has 0 N–H and O–H groups in total. The number of halogens is 2. The summed E-state index contributed by atoms with van der Waals surface area (Å²) < 4.78 is 34.3. The molecule has 74 valence electrons. The molecule has 0 saturated heterocycles. The third kappa shape index (κ3) is 6.49. The van der Waals surface area contributed by atoms with Crippen molar-refractivity contribution in [3.8, 4) is 0 Å². The molecule has 0 aliphatic rings. The van der Waals surface area contributed by atoms with Crippen molar-refractivity contribution in [1.29, 1.82) is 0 Å². The van der Waals surface area contributed by atoms with Crippen LogP contribution < -0.4 is 0 Å². The Labute approximate surface area is 71.9 Å².